The standard InChI is InChI=1S/C8H10N4O2/c1-2-7(13)11-12-8(14)6-5-9-3-4-10-6/h3-5H,2H2,1H3,(H,11,13)(H,12,14). The summed E-state index contributed by atoms with van der Waals surface area (Å²) in [4.78, 5) is 29.5. The zero-order valence-electron chi connectivity index (χ0n) is 7.65. The van der Waals surface area contributed by atoms with E-state index in [4.69, 9.17) is 0 Å². The maximum absolute atomic E-state index is 11.2. The molecule has 2 N–H and O–H groups in total. The molecule has 6 heteroatoms. The molecule has 14 heavy (non-hydrogen) atoms. The first kappa shape index (κ1) is 10.1. The van der Waals surface area contributed by atoms with Crippen molar-refractivity contribution < 1.29 is 9.59 Å². The molecule has 0 bridgehead atoms. The van der Waals surface area contributed by atoms with Gasteiger partial charge in [-0.05, 0) is 0 Å². The number of carbonyl (C=O) groups is 2. The molecule has 0 aliphatic heterocycles. The largest absolute Gasteiger partial charge is 0.289 e. The van der Waals surface area contributed by atoms with Crippen LogP contribution in [-0.2, 0) is 4.79 Å². The molecule has 0 aliphatic rings. The van der Waals surface area contributed by atoms with Crippen LogP contribution in [-0.4, -0.2) is 21.8 Å². The van der Waals surface area contributed by atoms with Crippen molar-refractivity contribution in [1.82, 2.24) is 20.8 Å². The molecule has 0 aromatic carbocycles. The topological polar surface area (TPSA) is 84.0 Å². The van der Waals surface area contributed by atoms with Crippen LogP contribution in [0.5, 0.6) is 0 Å². The first-order chi connectivity index (χ1) is 6.74. The van der Waals surface area contributed by atoms with Gasteiger partial charge in [0.15, 0.2) is 0 Å². The van der Waals surface area contributed by atoms with E-state index in [-0.39, 0.29) is 11.6 Å². The van der Waals surface area contributed by atoms with Crippen molar-refractivity contribution in [2.45, 2.75) is 13.3 Å². The van der Waals surface area contributed by atoms with Gasteiger partial charge in [-0.25, -0.2) is 4.98 Å². The lowest BCUT2D eigenvalue weighted by atomic mass is 10.4. The highest BCUT2D eigenvalue weighted by molar-refractivity contribution is 5.93. The van der Waals surface area contributed by atoms with E-state index in [2.05, 4.69) is 20.8 Å². The number of aromatic nitrogens is 2. The van der Waals surface area contributed by atoms with E-state index in [1.807, 2.05) is 0 Å². The molecule has 0 fully saturated rings. The predicted molar refractivity (Wildman–Crippen MR) is 47.9 cm³/mol. The molecular weight excluding hydrogens is 184 g/mol. The van der Waals surface area contributed by atoms with Gasteiger partial charge in [-0.2, -0.15) is 0 Å². The second-order valence-corrected chi connectivity index (χ2v) is 2.45. The number of hydrogen-bond acceptors (Lipinski definition) is 4. The fourth-order valence-corrected chi connectivity index (χ4v) is 0.695. The normalized spacial score (nSPS) is 9.21. The monoisotopic (exact) mass is 194 g/mol. The SMILES string of the molecule is CCC(=O)NNC(=O)c1cnccn1. The Morgan fingerprint density at radius 1 is 1.36 bits per heavy atom. The molecule has 74 valence electrons. The van der Waals surface area contributed by atoms with Crippen LogP contribution in [0.1, 0.15) is 23.8 Å². The van der Waals surface area contributed by atoms with Crippen LogP contribution in [0.25, 0.3) is 0 Å². The third kappa shape index (κ3) is 2.81. The van der Waals surface area contributed by atoms with E-state index < -0.39 is 5.91 Å². The fourth-order valence-electron chi connectivity index (χ4n) is 0.695. The molecule has 1 heterocycles. The Labute approximate surface area is 80.7 Å². The highest BCUT2D eigenvalue weighted by Crippen LogP contribution is 1.87. The average Bonchev–Trinajstić information content (AvgIpc) is 2.26. The van der Waals surface area contributed by atoms with Crippen LogP contribution in [0.3, 0.4) is 0 Å². The maximum Gasteiger partial charge on any atom is 0.289 e. The third-order valence-electron chi connectivity index (χ3n) is 1.43. The summed E-state index contributed by atoms with van der Waals surface area (Å²) in [6.07, 6.45) is 4.48. The summed E-state index contributed by atoms with van der Waals surface area (Å²) in [6.45, 7) is 1.68. The van der Waals surface area contributed by atoms with Gasteiger partial charge in [0.05, 0.1) is 6.20 Å². The highest BCUT2D eigenvalue weighted by Gasteiger charge is 2.06. The molecule has 0 unspecified atom stereocenters. The van der Waals surface area contributed by atoms with E-state index in [9.17, 15) is 9.59 Å². The van der Waals surface area contributed by atoms with Crippen molar-refractivity contribution in [1.29, 1.82) is 0 Å². The number of amides is 2. The van der Waals surface area contributed by atoms with Crippen LogP contribution in [0, 0.1) is 0 Å². The van der Waals surface area contributed by atoms with Crippen LogP contribution in [0.15, 0.2) is 18.6 Å². The number of hydrogen-bond donors (Lipinski definition) is 2. The smallest absolute Gasteiger partial charge is 0.273 e. The third-order valence-corrected chi connectivity index (χ3v) is 1.43. The summed E-state index contributed by atoms with van der Waals surface area (Å²) in [7, 11) is 0. The molecule has 1 aromatic rings. The van der Waals surface area contributed by atoms with Crippen LogP contribution in [0.2, 0.25) is 0 Å². The molecule has 0 radical (unpaired) electrons. The minimum atomic E-state index is -0.486. The van der Waals surface area contributed by atoms with Crippen molar-refractivity contribution in [3.05, 3.63) is 24.3 Å². The summed E-state index contributed by atoms with van der Waals surface area (Å²) in [6, 6.07) is 0. The van der Waals surface area contributed by atoms with Crippen LogP contribution < -0.4 is 10.9 Å². The van der Waals surface area contributed by atoms with E-state index >= 15 is 0 Å². The van der Waals surface area contributed by atoms with Gasteiger partial charge in [0.2, 0.25) is 5.91 Å². The summed E-state index contributed by atoms with van der Waals surface area (Å²) >= 11 is 0. The molecule has 6 nitrogen and oxygen atoms in total. The maximum atomic E-state index is 11.2. The van der Waals surface area contributed by atoms with Crippen LogP contribution >= 0.6 is 0 Å². The molecular formula is C8H10N4O2. The lowest BCUT2D eigenvalue weighted by Crippen LogP contribution is -2.41. The van der Waals surface area contributed by atoms with Gasteiger partial charge in [0, 0.05) is 18.8 Å². The van der Waals surface area contributed by atoms with Crippen molar-refractivity contribution >= 4 is 11.8 Å². The molecule has 1 rings (SSSR count). The van der Waals surface area contributed by atoms with Gasteiger partial charge in [0.25, 0.3) is 5.91 Å². The second kappa shape index (κ2) is 4.90. The zero-order valence-corrected chi connectivity index (χ0v) is 7.65. The second-order valence-electron chi connectivity index (χ2n) is 2.45. The zero-order chi connectivity index (χ0) is 10.4. The Balaban J connectivity index is 2.48. The highest BCUT2D eigenvalue weighted by atomic mass is 16.2. The Morgan fingerprint density at radius 3 is 2.71 bits per heavy atom. The Bertz CT molecular complexity index is 325. The molecule has 1 aromatic heterocycles. The average molecular weight is 194 g/mol. The Hall–Kier alpha value is -1.98. The summed E-state index contributed by atoms with van der Waals surface area (Å²) < 4.78 is 0. The van der Waals surface area contributed by atoms with E-state index in [0.717, 1.165) is 0 Å². The lowest BCUT2D eigenvalue weighted by molar-refractivity contribution is -0.121. The Kier molecular flexibility index (Phi) is 3.54. The number of hydrazine groups is 1. The van der Waals surface area contributed by atoms with E-state index in [0.29, 0.717) is 6.42 Å². The molecule has 0 spiro atoms. The Morgan fingerprint density at radius 2 is 2.14 bits per heavy atom. The molecule has 0 atom stereocenters. The number of nitrogens with one attached hydrogen (secondary N) is 2. The lowest BCUT2D eigenvalue weighted by Gasteiger charge is -2.04. The van der Waals surface area contributed by atoms with Gasteiger partial charge in [-0.1, -0.05) is 6.92 Å². The number of nitrogens with zero attached hydrogens (tertiary/aromatic N) is 2. The first-order valence-corrected chi connectivity index (χ1v) is 4.09. The van der Waals surface area contributed by atoms with Gasteiger partial charge < -0.3 is 0 Å². The minimum Gasteiger partial charge on any atom is -0.273 e. The molecule has 0 saturated carbocycles. The molecule has 0 saturated heterocycles. The van der Waals surface area contributed by atoms with Crippen molar-refractivity contribution in [2.75, 3.05) is 0 Å². The summed E-state index contributed by atoms with van der Waals surface area (Å²) in [5.41, 5.74) is 4.59. The van der Waals surface area contributed by atoms with Gasteiger partial charge in [-0.3, -0.25) is 25.4 Å². The van der Waals surface area contributed by atoms with Gasteiger partial charge >= 0.3 is 0 Å². The predicted octanol–water partition coefficient (Wildman–Crippen LogP) is -0.352. The van der Waals surface area contributed by atoms with Crippen molar-refractivity contribution in [3.8, 4) is 0 Å². The van der Waals surface area contributed by atoms with Crippen molar-refractivity contribution in [3.63, 3.8) is 0 Å². The number of carbonyl (C=O) groups excluding carboxylic acids is 2. The fraction of sp³-hybridized carbons (Fsp3) is 0.250. The van der Waals surface area contributed by atoms with E-state index in [1.54, 1.807) is 6.92 Å². The summed E-state index contributed by atoms with van der Waals surface area (Å²) in [5.74, 6) is -0.748. The number of rotatable bonds is 2. The van der Waals surface area contributed by atoms with Crippen molar-refractivity contribution in [2.24, 2.45) is 0 Å². The quantitative estimate of drug-likeness (QED) is 0.630. The summed E-state index contributed by atoms with van der Waals surface area (Å²) in [5, 5.41) is 0. The van der Waals surface area contributed by atoms with Gasteiger partial charge in [-0.15, -0.1) is 0 Å². The van der Waals surface area contributed by atoms with Gasteiger partial charge in [0.1, 0.15) is 5.69 Å². The minimum absolute atomic E-state index is 0.156. The van der Waals surface area contributed by atoms with E-state index in [1.165, 1.54) is 18.6 Å². The first-order valence-electron chi connectivity index (χ1n) is 4.09. The molecule has 0 aliphatic carbocycles. The van der Waals surface area contributed by atoms with Crippen LogP contribution in [0.4, 0.5) is 0 Å². The molecule has 2 amide bonds.